The molecule has 114 valence electrons. The van der Waals surface area contributed by atoms with Gasteiger partial charge in [0.15, 0.2) is 0 Å². The summed E-state index contributed by atoms with van der Waals surface area (Å²) in [5, 5.41) is 7.15. The third-order valence-electron chi connectivity index (χ3n) is 3.18. The van der Waals surface area contributed by atoms with Gasteiger partial charge >= 0.3 is 0 Å². The van der Waals surface area contributed by atoms with Crippen molar-refractivity contribution in [1.29, 1.82) is 0 Å². The summed E-state index contributed by atoms with van der Waals surface area (Å²) < 4.78 is 1.63. The Bertz CT molecular complexity index is 657. The van der Waals surface area contributed by atoms with Crippen molar-refractivity contribution in [3.05, 3.63) is 18.1 Å². The summed E-state index contributed by atoms with van der Waals surface area (Å²) >= 11 is 0. The first-order valence-corrected chi connectivity index (χ1v) is 6.91. The van der Waals surface area contributed by atoms with Crippen LogP contribution in [0.25, 0.3) is 5.78 Å². The molecule has 2 heterocycles. The monoisotopic (exact) mass is 290 g/mol. The lowest BCUT2D eigenvalue weighted by Crippen LogP contribution is -2.50. The maximum Gasteiger partial charge on any atom is 0.254 e. The van der Waals surface area contributed by atoms with Gasteiger partial charge in [-0.15, -0.1) is 0 Å². The largest absolute Gasteiger partial charge is 0.350 e. The summed E-state index contributed by atoms with van der Waals surface area (Å²) in [7, 11) is 1.86. The fraction of sp³-hybridized carbons (Fsp3) is 0.571. The number of nitrogens with zero attached hydrogens (tertiary/aromatic N) is 5. The van der Waals surface area contributed by atoms with Crippen LogP contribution in [0.3, 0.4) is 0 Å². The molecule has 0 spiro atoms. The number of aryl methyl sites for hydroxylation is 1. The fourth-order valence-electron chi connectivity index (χ4n) is 2.01. The number of carbonyl (C=O) groups excluding carboxylic acids is 1. The Morgan fingerprint density at radius 1 is 1.43 bits per heavy atom. The molecule has 1 atom stereocenters. The number of hydrogen-bond donors (Lipinski definition) is 1. The molecular formula is C14H22N6O. The van der Waals surface area contributed by atoms with Crippen LogP contribution in [-0.4, -0.2) is 44.1 Å². The van der Waals surface area contributed by atoms with E-state index < -0.39 is 0 Å². The molecule has 0 aliphatic carbocycles. The van der Waals surface area contributed by atoms with Crippen molar-refractivity contribution < 1.29 is 4.79 Å². The van der Waals surface area contributed by atoms with Gasteiger partial charge in [-0.1, -0.05) is 0 Å². The van der Waals surface area contributed by atoms with E-state index in [2.05, 4.69) is 20.4 Å². The number of aromatic nitrogens is 4. The first-order chi connectivity index (χ1) is 9.69. The molecule has 0 saturated carbocycles. The van der Waals surface area contributed by atoms with Crippen molar-refractivity contribution in [2.45, 2.75) is 46.2 Å². The van der Waals surface area contributed by atoms with E-state index in [9.17, 15) is 4.79 Å². The minimum Gasteiger partial charge on any atom is -0.350 e. The highest BCUT2D eigenvalue weighted by Crippen LogP contribution is 2.17. The van der Waals surface area contributed by atoms with Crippen LogP contribution in [0.15, 0.2) is 12.4 Å². The number of amides is 1. The highest BCUT2D eigenvalue weighted by molar-refractivity contribution is 5.85. The van der Waals surface area contributed by atoms with E-state index in [1.54, 1.807) is 4.52 Å². The highest BCUT2D eigenvalue weighted by atomic mass is 16.2. The fourth-order valence-corrected chi connectivity index (χ4v) is 2.01. The zero-order valence-corrected chi connectivity index (χ0v) is 13.4. The van der Waals surface area contributed by atoms with Crippen molar-refractivity contribution in [3.63, 3.8) is 0 Å². The van der Waals surface area contributed by atoms with Crippen LogP contribution in [0.2, 0.25) is 0 Å². The first kappa shape index (κ1) is 15.2. The van der Waals surface area contributed by atoms with Gasteiger partial charge in [-0.3, -0.25) is 4.79 Å². The molecule has 1 amide bonds. The van der Waals surface area contributed by atoms with Crippen molar-refractivity contribution in [1.82, 2.24) is 24.9 Å². The second-order valence-corrected chi connectivity index (χ2v) is 6.25. The zero-order valence-electron chi connectivity index (χ0n) is 13.4. The molecule has 2 rings (SSSR count). The number of anilines is 1. The van der Waals surface area contributed by atoms with E-state index in [0.717, 1.165) is 11.5 Å². The van der Waals surface area contributed by atoms with Gasteiger partial charge in [-0.25, -0.2) is 4.98 Å². The second-order valence-electron chi connectivity index (χ2n) is 6.25. The molecule has 0 radical (unpaired) electrons. The average molecular weight is 290 g/mol. The maximum atomic E-state index is 12.3. The molecule has 2 aromatic rings. The lowest BCUT2D eigenvalue weighted by Gasteiger charge is -2.29. The van der Waals surface area contributed by atoms with E-state index in [0.29, 0.717) is 5.78 Å². The summed E-state index contributed by atoms with van der Waals surface area (Å²) in [6, 6.07) is 1.56. The van der Waals surface area contributed by atoms with Gasteiger partial charge in [0, 0.05) is 24.3 Å². The number of fused-ring (bicyclic) bond motifs is 1. The smallest absolute Gasteiger partial charge is 0.254 e. The Hall–Kier alpha value is -2.18. The van der Waals surface area contributed by atoms with Crippen LogP contribution in [0.4, 0.5) is 5.82 Å². The van der Waals surface area contributed by atoms with Gasteiger partial charge in [0.2, 0.25) is 5.91 Å². The maximum absolute atomic E-state index is 12.3. The third-order valence-corrected chi connectivity index (χ3v) is 3.18. The van der Waals surface area contributed by atoms with Gasteiger partial charge in [-0.2, -0.15) is 14.6 Å². The molecule has 0 aliphatic heterocycles. The number of nitrogens with one attached hydrogen (secondary N) is 1. The number of rotatable bonds is 3. The molecule has 0 bridgehead atoms. The van der Waals surface area contributed by atoms with Gasteiger partial charge in [-0.05, 0) is 34.6 Å². The van der Waals surface area contributed by atoms with Crippen LogP contribution >= 0.6 is 0 Å². The Morgan fingerprint density at radius 3 is 2.71 bits per heavy atom. The van der Waals surface area contributed by atoms with Crippen molar-refractivity contribution in [3.8, 4) is 0 Å². The van der Waals surface area contributed by atoms with Gasteiger partial charge < -0.3 is 10.2 Å². The standard InChI is InChI=1S/C14H22N6O/c1-9-7-11(20-13(17-9)15-8-16-20)19(6)10(2)12(21)18-14(3,4)5/h7-8,10H,1-6H3,(H,18,21)/t10-/m0/s1. The van der Waals surface area contributed by atoms with Crippen LogP contribution in [0.5, 0.6) is 0 Å². The Kier molecular flexibility index (Phi) is 3.85. The summed E-state index contributed by atoms with van der Waals surface area (Å²) in [5.74, 6) is 1.28. The molecule has 7 heteroatoms. The van der Waals surface area contributed by atoms with E-state index >= 15 is 0 Å². The summed E-state index contributed by atoms with van der Waals surface area (Å²) in [5.41, 5.74) is 0.573. The number of hydrogen-bond acceptors (Lipinski definition) is 5. The average Bonchev–Trinajstić information content (AvgIpc) is 2.81. The minimum atomic E-state index is -0.335. The highest BCUT2D eigenvalue weighted by Gasteiger charge is 2.24. The van der Waals surface area contributed by atoms with Crippen LogP contribution in [0, 0.1) is 6.92 Å². The lowest BCUT2D eigenvalue weighted by molar-refractivity contribution is -0.123. The van der Waals surface area contributed by atoms with Crippen molar-refractivity contribution >= 4 is 17.5 Å². The molecule has 0 unspecified atom stereocenters. The molecular weight excluding hydrogens is 268 g/mol. The first-order valence-electron chi connectivity index (χ1n) is 6.91. The van der Waals surface area contributed by atoms with Gasteiger partial charge in [0.25, 0.3) is 5.78 Å². The SMILES string of the molecule is Cc1cc(N(C)[C@@H](C)C(=O)NC(C)(C)C)n2ncnc2n1. The van der Waals surface area contributed by atoms with E-state index in [-0.39, 0.29) is 17.5 Å². The summed E-state index contributed by atoms with van der Waals surface area (Å²) in [4.78, 5) is 22.6. The van der Waals surface area contributed by atoms with Crippen LogP contribution < -0.4 is 10.2 Å². The third kappa shape index (κ3) is 3.29. The van der Waals surface area contributed by atoms with E-state index in [1.165, 1.54) is 6.33 Å². The Morgan fingerprint density at radius 2 is 2.10 bits per heavy atom. The number of carbonyl (C=O) groups is 1. The topological polar surface area (TPSA) is 75.4 Å². The molecule has 21 heavy (non-hydrogen) atoms. The number of likely N-dealkylation sites (N-methyl/N-ethyl adjacent to an activating group) is 1. The molecule has 7 nitrogen and oxygen atoms in total. The molecule has 2 aromatic heterocycles. The van der Waals surface area contributed by atoms with Crippen molar-refractivity contribution in [2.75, 3.05) is 11.9 Å². The zero-order chi connectivity index (χ0) is 15.8. The Balaban J connectivity index is 2.31. The molecule has 1 N–H and O–H groups in total. The predicted octanol–water partition coefficient (Wildman–Crippen LogP) is 1.17. The molecule has 0 aromatic carbocycles. The second kappa shape index (κ2) is 5.31. The molecule has 0 aliphatic rings. The minimum absolute atomic E-state index is 0.0345. The van der Waals surface area contributed by atoms with Gasteiger partial charge in [0.05, 0.1) is 0 Å². The van der Waals surface area contributed by atoms with E-state index in [1.807, 2.05) is 52.6 Å². The van der Waals surface area contributed by atoms with Gasteiger partial charge in [0.1, 0.15) is 18.2 Å². The van der Waals surface area contributed by atoms with Crippen molar-refractivity contribution in [2.24, 2.45) is 0 Å². The van der Waals surface area contributed by atoms with Crippen LogP contribution in [0.1, 0.15) is 33.4 Å². The molecule has 0 fully saturated rings. The van der Waals surface area contributed by atoms with E-state index in [4.69, 9.17) is 0 Å². The summed E-state index contributed by atoms with van der Waals surface area (Å²) in [6.07, 6.45) is 1.46. The lowest BCUT2D eigenvalue weighted by atomic mass is 10.1. The van der Waals surface area contributed by atoms with Crippen LogP contribution in [-0.2, 0) is 4.79 Å². The predicted molar refractivity (Wildman–Crippen MR) is 81.3 cm³/mol. The normalized spacial score (nSPS) is 13.2. The summed E-state index contributed by atoms with van der Waals surface area (Å²) in [6.45, 7) is 9.64. The molecule has 0 saturated heterocycles. The quantitative estimate of drug-likeness (QED) is 0.918. The Labute approximate surface area is 124 Å².